The maximum atomic E-state index is 10.2. The van der Waals surface area contributed by atoms with Gasteiger partial charge in [0.2, 0.25) is 0 Å². The van der Waals surface area contributed by atoms with E-state index in [1.807, 2.05) is 36.4 Å². The van der Waals surface area contributed by atoms with Crippen molar-refractivity contribution >= 4 is 11.4 Å². The highest BCUT2D eigenvalue weighted by atomic mass is 16.6. The van der Waals surface area contributed by atoms with E-state index in [0.717, 1.165) is 0 Å². The molecule has 0 amide bonds. The summed E-state index contributed by atoms with van der Waals surface area (Å²) in [5.74, 6) is 5.85. The van der Waals surface area contributed by atoms with Crippen LogP contribution in [0.25, 0.3) is 0 Å². The van der Waals surface area contributed by atoms with E-state index >= 15 is 0 Å². The number of para-hydroxylation sites is 2. The summed E-state index contributed by atoms with van der Waals surface area (Å²) in [6.07, 6.45) is 0. The van der Waals surface area contributed by atoms with Crippen LogP contribution in [0.1, 0.15) is 0 Å². The largest absolute Gasteiger partial charge is 0.190 e. The lowest BCUT2D eigenvalue weighted by Crippen LogP contribution is -2.47. The summed E-state index contributed by atoms with van der Waals surface area (Å²) in [4.78, 5) is 0. The third-order valence-corrected chi connectivity index (χ3v) is 2.30. The second-order valence-corrected chi connectivity index (χ2v) is 3.36. The molecule has 76 valence electrons. The van der Waals surface area contributed by atoms with E-state index in [9.17, 15) is 5.21 Å². The van der Waals surface area contributed by atoms with Crippen molar-refractivity contribution in [3.63, 3.8) is 0 Å². The van der Waals surface area contributed by atoms with Gasteiger partial charge in [-0.3, -0.25) is 0 Å². The van der Waals surface area contributed by atoms with Crippen molar-refractivity contribution in [3.8, 4) is 0 Å². The fourth-order valence-corrected chi connectivity index (χ4v) is 1.46. The van der Waals surface area contributed by atoms with Crippen LogP contribution >= 0.6 is 0 Å². The zero-order valence-electron chi connectivity index (χ0n) is 8.25. The lowest BCUT2D eigenvalue weighted by Gasteiger charge is -2.22. The normalized spacial score (nSPS) is 11.3. The molecule has 0 aliphatic heterocycles. The Kier molecular flexibility index (Phi) is 2.51. The lowest BCUT2D eigenvalue weighted by molar-refractivity contribution is -0.0246. The Hall–Kier alpha value is -1.68. The molecular formula is C12H13N2O+. The number of quaternary nitrogens is 1. The summed E-state index contributed by atoms with van der Waals surface area (Å²) in [6.45, 7) is 0. The monoisotopic (exact) mass is 201 g/mol. The van der Waals surface area contributed by atoms with Crippen molar-refractivity contribution in [2.75, 3.05) is 0 Å². The fourth-order valence-electron chi connectivity index (χ4n) is 1.46. The Balaban J connectivity index is 2.44. The second kappa shape index (κ2) is 3.82. The Morgan fingerprint density at radius 1 is 0.733 bits per heavy atom. The van der Waals surface area contributed by atoms with Crippen molar-refractivity contribution in [2.24, 2.45) is 5.84 Å². The third-order valence-electron chi connectivity index (χ3n) is 2.30. The van der Waals surface area contributed by atoms with Crippen molar-refractivity contribution in [2.45, 2.75) is 0 Å². The third kappa shape index (κ3) is 1.89. The predicted octanol–water partition coefficient (Wildman–Crippen LogP) is 2.59. The van der Waals surface area contributed by atoms with Crippen LogP contribution < -0.4 is 10.6 Å². The van der Waals surface area contributed by atoms with Gasteiger partial charge in [-0.1, -0.05) is 36.4 Å². The number of hydrogen-bond donors (Lipinski definition) is 2. The molecule has 2 aromatic carbocycles. The second-order valence-electron chi connectivity index (χ2n) is 3.36. The molecule has 0 radical (unpaired) electrons. The summed E-state index contributed by atoms with van der Waals surface area (Å²) in [7, 11) is 0. The highest BCUT2D eigenvalue weighted by Crippen LogP contribution is 2.26. The standard InChI is InChI=1S/C12H13N2O/c13-14(15,11-7-3-1-4-8-11)12-9-5-2-6-10-12/h1-10,15H,13H2/q+1. The minimum Gasteiger partial charge on any atom is -0.185 e. The summed E-state index contributed by atoms with van der Waals surface area (Å²) in [6, 6.07) is 18.3. The molecule has 3 N–H and O–H groups in total. The Morgan fingerprint density at radius 2 is 1.07 bits per heavy atom. The molecule has 0 unspecified atom stereocenters. The number of rotatable bonds is 2. The number of hydrogen-bond acceptors (Lipinski definition) is 2. The van der Waals surface area contributed by atoms with Gasteiger partial charge in [0.15, 0.2) is 11.4 Å². The molecule has 0 fully saturated rings. The van der Waals surface area contributed by atoms with E-state index in [1.165, 1.54) is 0 Å². The molecule has 2 aromatic rings. The average molecular weight is 201 g/mol. The zero-order chi connectivity index (χ0) is 10.7. The molecule has 0 aromatic heterocycles. The van der Waals surface area contributed by atoms with Gasteiger partial charge in [0.25, 0.3) is 0 Å². The van der Waals surface area contributed by atoms with Crippen LogP contribution in [0.15, 0.2) is 60.7 Å². The van der Waals surface area contributed by atoms with Crippen LogP contribution in [0, 0.1) is 0 Å². The van der Waals surface area contributed by atoms with Gasteiger partial charge in [-0.2, -0.15) is 5.21 Å². The van der Waals surface area contributed by atoms with Gasteiger partial charge >= 0.3 is 0 Å². The van der Waals surface area contributed by atoms with Crippen molar-refractivity contribution in [1.29, 1.82) is 0 Å². The van der Waals surface area contributed by atoms with Gasteiger partial charge < -0.3 is 0 Å². The van der Waals surface area contributed by atoms with E-state index in [0.29, 0.717) is 11.4 Å². The summed E-state index contributed by atoms with van der Waals surface area (Å²) < 4.78 is -0.721. The smallest absolute Gasteiger partial charge is 0.185 e. The van der Waals surface area contributed by atoms with E-state index in [-0.39, 0.29) is 0 Å². The van der Waals surface area contributed by atoms with Gasteiger partial charge in [-0.15, -0.1) is 5.84 Å². The molecule has 3 nitrogen and oxygen atoms in total. The van der Waals surface area contributed by atoms with Gasteiger partial charge in [0, 0.05) is 24.3 Å². The maximum Gasteiger partial charge on any atom is 0.190 e. The number of nitrogens with two attached hydrogens (primary N) is 1. The Labute approximate surface area is 88.5 Å². The molecule has 0 spiro atoms. The Bertz CT molecular complexity index is 384. The molecule has 3 heteroatoms. The van der Waals surface area contributed by atoms with E-state index in [4.69, 9.17) is 5.84 Å². The van der Waals surface area contributed by atoms with Crippen LogP contribution in [-0.2, 0) is 0 Å². The number of benzene rings is 2. The van der Waals surface area contributed by atoms with Gasteiger partial charge in [0.05, 0.1) is 0 Å². The van der Waals surface area contributed by atoms with Crippen molar-refractivity contribution in [1.82, 2.24) is 4.76 Å². The van der Waals surface area contributed by atoms with Gasteiger partial charge in [0.1, 0.15) is 0 Å². The highest BCUT2D eigenvalue weighted by molar-refractivity contribution is 5.53. The summed E-state index contributed by atoms with van der Waals surface area (Å²) >= 11 is 0. The van der Waals surface area contributed by atoms with Crippen LogP contribution in [0.3, 0.4) is 0 Å². The molecule has 0 heterocycles. The molecule has 0 atom stereocenters. The molecule has 2 rings (SSSR count). The first-order valence-corrected chi connectivity index (χ1v) is 4.73. The average Bonchev–Trinajstić information content (AvgIpc) is 2.31. The SMILES string of the molecule is N[N+](O)(c1ccccc1)c1ccccc1. The minimum absolute atomic E-state index is 0.628. The predicted molar refractivity (Wildman–Crippen MR) is 60.3 cm³/mol. The molecule has 0 aliphatic carbocycles. The maximum absolute atomic E-state index is 10.2. The quantitative estimate of drug-likeness (QED) is 0.445. The molecular weight excluding hydrogens is 188 g/mol. The first-order valence-electron chi connectivity index (χ1n) is 4.73. The zero-order valence-corrected chi connectivity index (χ0v) is 8.25. The highest BCUT2D eigenvalue weighted by Gasteiger charge is 2.26. The van der Waals surface area contributed by atoms with Crippen molar-refractivity contribution in [3.05, 3.63) is 60.7 Å². The first-order chi connectivity index (χ1) is 7.21. The molecule has 15 heavy (non-hydrogen) atoms. The molecule has 0 saturated carbocycles. The minimum atomic E-state index is -0.721. The van der Waals surface area contributed by atoms with Crippen LogP contribution in [0.5, 0.6) is 0 Å². The summed E-state index contributed by atoms with van der Waals surface area (Å²) in [5.41, 5.74) is 1.26. The van der Waals surface area contributed by atoms with E-state index in [2.05, 4.69) is 0 Å². The summed E-state index contributed by atoms with van der Waals surface area (Å²) in [5, 5.41) is 10.2. The van der Waals surface area contributed by atoms with Crippen LogP contribution in [-0.4, -0.2) is 5.21 Å². The first kappa shape index (κ1) is 9.86. The van der Waals surface area contributed by atoms with Gasteiger partial charge in [-0.25, -0.2) is 0 Å². The number of nitrogens with zero attached hydrogens (tertiary/aromatic N) is 1. The van der Waals surface area contributed by atoms with E-state index in [1.54, 1.807) is 24.3 Å². The molecule has 0 aliphatic rings. The van der Waals surface area contributed by atoms with Gasteiger partial charge in [-0.05, 0) is 4.76 Å². The Morgan fingerprint density at radius 3 is 1.40 bits per heavy atom. The van der Waals surface area contributed by atoms with Crippen LogP contribution in [0.4, 0.5) is 11.4 Å². The van der Waals surface area contributed by atoms with Crippen LogP contribution in [0.2, 0.25) is 0 Å². The van der Waals surface area contributed by atoms with Crippen molar-refractivity contribution < 1.29 is 5.21 Å². The van der Waals surface area contributed by atoms with E-state index < -0.39 is 4.76 Å². The topological polar surface area (TPSA) is 46.2 Å². The molecule has 0 bridgehead atoms. The molecule has 0 saturated heterocycles. The fraction of sp³-hybridized carbons (Fsp3) is 0. The lowest BCUT2D eigenvalue weighted by atomic mass is 10.2.